The molecule has 0 aliphatic rings. The summed E-state index contributed by atoms with van der Waals surface area (Å²) in [5.74, 6) is 2.06. The highest BCUT2D eigenvalue weighted by Crippen LogP contribution is 2.37. The van der Waals surface area contributed by atoms with E-state index in [-0.39, 0.29) is 21.7 Å². The molecule has 0 atom stereocenters. The lowest BCUT2D eigenvalue weighted by molar-refractivity contribution is 0.568. The van der Waals surface area contributed by atoms with Crippen molar-refractivity contribution in [1.29, 1.82) is 0 Å². The average molecular weight is 610 g/mol. The molecule has 0 fully saturated rings. The minimum absolute atomic E-state index is 0.0264. The van der Waals surface area contributed by atoms with E-state index in [1.807, 2.05) is 6.07 Å². The quantitative estimate of drug-likeness (QED) is 0.203. The van der Waals surface area contributed by atoms with E-state index in [1.54, 1.807) is 0 Å². The van der Waals surface area contributed by atoms with Gasteiger partial charge in [0.2, 0.25) is 0 Å². The largest absolute Gasteiger partial charge is 0.208 e. The molecule has 0 unspecified atom stereocenters. The third kappa shape index (κ3) is 7.47. The number of rotatable bonds is 4. The van der Waals surface area contributed by atoms with Gasteiger partial charge in [0.15, 0.2) is 17.5 Å². The van der Waals surface area contributed by atoms with Gasteiger partial charge in [-0.1, -0.05) is 144 Å². The van der Waals surface area contributed by atoms with Gasteiger partial charge < -0.3 is 0 Å². The zero-order valence-corrected chi connectivity index (χ0v) is 30.0. The Morgan fingerprint density at radius 1 is 0.304 bits per heavy atom. The van der Waals surface area contributed by atoms with Crippen molar-refractivity contribution >= 4 is 0 Å². The van der Waals surface area contributed by atoms with Crippen molar-refractivity contribution in [2.45, 2.75) is 105 Å². The molecule has 0 bridgehead atoms. The molecular formula is C43H51N3. The number of nitrogens with zero attached hydrogens (tertiary/aromatic N) is 3. The minimum Gasteiger partial charge on any atom is -0.208 e. The van der Waals surface area contributed by atoms with E-state index in [0.29, 0.717) is 17.5 Å². The summed E-state index contributed by atoms with van der Waals surface area (Å²) in [7, 11) is 0. The molecule has 5 rings (SSSR count). The van der Waals surface area contributed by atoms with E-state index in [9.17, 15) is 0 Å². The molecule has 0 radical (unpaired) electrons. The van der Waals surface area contributed by atoms with Gasteiger partial charge in [-0.15, -0.1) is 0 Å². The molecule has 238 valence electrons. The highest BCUT2D eigenvalue weighted by atomic mass is 15.0. The van der Waals surface area contributed by atoms with Crippen LogP contribution in [0.2, 0.25) is 0 Å². The Kier molecular flexibility index (Phi) is 8.62. The van der Waals surface area contributed by atoms with E-state index >= 15 is 0 Å². The maximum Gasteiger partial charge on any atom is 0.164 e. The maximum absolute atomic E-state index is 5.25. The third-order valence-electron chi connectivity index (χ3n) is 8.71. The first-order chi connectivity index (χ1) is 21.3. The van der Waals surface area contributed by atoms with Crippen molar-refractivity contribution < 1.29 is 0 Å². The molecule has 1 heterocycles. The van der Waals surface area contributed by atoms with Crippen LogP contribution in [0.3, 0.4) is 0 Å². The number of hydrogen-bond donors (Lipinski definition) is 0. The highest BCUT2D eigenvalue weighted by molar-refractivity contribution is 5.73. The molecule has 46 heavy (non-hydrogen) atoms. The van der Waals surface area contributed by atoms with Crippen LogP contribution in [-0.2, 0) is 21.7 Å². The fourth-order valence-corrected chi connectivity index (χ4v) is 5.48. The normalized spacial score (nSPS) is 12.8. The van der Waals surface area contributed by atoms with Gasteiger partial charge in [-0.3, -0.25) is 0 Å². The Hall–Kier alpha value is -4.11. The van der Waals surface area contributed by atoms with Gasteiger partial charge in [0.25, 0.3) is 0 Å². The molecule has 0 N–H and O–H groups in total. The summed E-state index contributed by atoms with van der Waals surface area (Å²) in [4.78, 5) is 15.7. The first kappa shape index (κ1) is 33.3. The first-order valence-electron chi connectivity index (χ1n) is 16.5. The van der Waals surface area contributed by atoms with Crippen molar-refractivity contribution in [1.82, 2.24) is 15.0 Å². The fourth-order valence-electron chi connectivity index (χ4n) is 5.48. The van der Waals surface area contributed by atoms with Gasteiger partial charge in [-0.2, -0.15) is 0 Å². The van der Waals surface area contributed by atoms with Crippen LogP contribution in [0, 0.1) is 0 Å². The predicted molar refractivity (Wildman–Crippen MR) is 196 cm³/mol. The highest BCUT2D eigenvalue weighted by Gasteiger charge is 2.25. The molecule has 5 aromatic rings. The predicted octanol–water partition coefficient (Wildman–Crippen LogP) is 11.7. The second kappa shape index (κ2) is 11.9. The molecule has 0 aliphatic carbocycles. The maximum atomic E-state index is 5.25. The standard InChI is InChI=1S/C43H51N3/c1-40(2,3)33-22-31(23-34(26-33)41(4,5)6)38-44-37(30-20-16-19-29(21-30)28-17-14-13-15-18-28)45-39(46-38)32-24-35(42(7,8)9)27-36(25-32)43(10,11)12/h13-27H,1-12H3. The molecule has 0 aliphatic heterocycles. The fraction of sp³-hybridized carbons (Fsp3) is 0.372. The Balaban J connectivity index is 1.81. The van der Waals surface area contributed by atoms with Gasteiger partial charge in [0.1, 0.15) is 0 Å². The Labute approximate surface area is 277 Å². The van der Waals surface area contributed by atoms with Crippen molar-refractivity contribution in [3.8, 4) is 45.3 Å². The first-order valence-corrected chi connectivity index (χ1v) is 16.5. The van der Waals surface area contributed by atoms with Crippen LogP contribution < -0.4 is 0 Å². The molecule has 0 spiro atoms. The Morgan fingerprint density at radius 2 is 0.630 bits per heavy atom. The van der Waals surface area contributed by atoms with Crippen molar-refractivity contribution in [2.75, 3.05) is 0 Å². The van der Waals surface area contributed by atoms with Crippen LogP contribution in [0.1, 0.15) is 105 Å². The van der Waals surface area contributed by atoms with Gasteiger partial charge in [-0.25, -0.2) is 15.0 Å². The van der Waals surface area contributed by atoms with Crippen LogP contribution >= 0.6 is 0 Å². The molecule has 1 aromatic heterocycles. The van der Waals surface area contributed by atoms with Crippen LogP contribution in [0.15, 0.2) is 91.0 Å². The second-order valence-corrected chi connectivity index (χ2v) is 16.9. The smallest absolute Gasteiger partial charge is 0.164 e. The zero-order chi connectivity index (χ0) is 33.7. The lowest BCUT2D eigenvalue weighted by Gasteiger charge is -2.26. The summed E-state index contributed by atoms with van der Waals surface area (Å²) in [6.45, 7) is 27.2. The molecule has 0 amide bonds. The van der Waals surface area contributed by atoms with E-state index in [2.05, 4.69) is 168 Å². The lowest BCUT2D eigenvalue weighted by atomic mass is 9.79. The topological polar surface area (TPSA) is 38.7 Å². The summed E-state index contributed by atoms with van der Waals surface area (Å²) in [6.07, 6.45) is 0. The van der Waals surface area contributed by atoms with Gasteiger partial charge in [0.05, 0.1) is 0 Å². The number of benzene rings is 4. The molecule has 0 saturated carbocycles. The number of hydrogen-bond acceptors (Lipinski definition) is 3. The molecule has 4 aromatic carbocycles. The average Bonchev–Trinajstić information content (AvgIpc) is 2.99. The SMILES string of the molecule is CC(C)(C)c1cc(-c2nc(-c3cccc(-c4ccccc4)c3)nc(-c3cc(C(C)(C)C)cc(C(C)(C)C)c3)n2)cc(C(C)(C)C)c1. The number of aromatic nitrogens is 3. The second-order valence-electron chi connectivity index (χ2n) is 16.9. The van der Waals surface area contributed by atoms with E-state index in [0.717, 1.165) is 22.3 Å². The van der Waals surface area contributed by atoms with Crippen molar-refractivity contribution in [2.24, 2.45) is 0 Å². The van der Waals surface area contributed by atoms with Crippen molar-refractivity contribution in [3.63, 3.8) is 0 Å². The molecule has 3 nitrogen and oxygen atoms in total. The summed E-state index contributed by atoms with van der Waals surface area (Å²) in [5.41, 5.74) is 10.3. The van der Waals surface area contributed by atoms with Crippen LogP contribution in [0.5, 0.6) is 0 Å². The molecular weight excluding hydrogens is 558 g/mol. The van der Waals surface area contributed by atoms with Crippen LogP contribution in [0.25, 0.3) is 45.3 Å². The van der Waals surface area contributed by atoms with E-state index < -0.39 is 0 Å². The van der Waals surface area contributed by atoms with Gasteiger partial charge in [-0.05, 0) is 85.4 Å². The summed E-state index contributed by atoms with van der Waals surface area (Å²) in [5, 5.41) is 0. The van der Waals surface area contributed by atoms with Crippen LogP contribution in [0.4, 0.5) is 0 Å². The van der Waals surface area contributed by atoms with Gasteiger partial charge >= 0.3 is 0 Å². The summed E-state index contributed by atoms with van der Waals surface area (Å²) in [6, 6.07) is 32.8. The summed E-state index contributed by atoms with van der Waals surface area (Å²) < 4.78 is 0. The van der Waals surface area contributed by atoms with E-state index in [4.69, 9.17) is 15.0 Å². The molecule has 0 saturated heterocycles. The van der Waals surface area contributed by atoms with Gasteiger partial charge in [0, 0.05) is 16.7 Å². The lowest BCUT2D eigenvalue weighted by Crippen LogP contribution is -2.17. The van der Waals surface area contributed by atoms with Crippen molar-refractivity contribution in [3.05, 3.63) is 113 Å². The monoisotopic (exact) mass is 609 g/mol. The third-order valence-corrected chi connectivity index (χ3v) is 8.71. The summed E-state index contributed by atoms with van der Waals surface area (Å²) >= 11 is 0. The van der Waals surface area contributed by atoms with E-state index in [1.165, 1.54) is 27.8 Å². The minimum atomic E-state index is -0.0264. The molecule has 3 heteroatoms. The Morgan fingerprint density at radius 3 is 1.00 bits per heavy atom. The Bertz CT molecular complexity index is 1700. The zero-order valence-electron chi connectivity index (χ0n) is 30.0. The van der Waals surface area contributed by atoms with Crippen LogP contribution in [-0.4, -0.2) is 15.0 Å².